The van der Waals surface area contributed by atoms with E-state index in [1.54, 1.807) is 38.1 Å². The molecule has 0 aliphatic heterocycles. The van der Waals surface area contributed by atoms with Gasteiger partial charge in [0.2, 0.25) is 0 Å². The highest BCUT2D eigenvalue weighted by Crippen LogP contribution is 2.13. The molecule has 0 saturated heterocycles. The van der Waals surface area contributed by atoms with Crippen molar-refractivity contribution in [1.82, 2.24) is 10.6 Å². The summed E-state index contributed by atoms with van der Waals surface area (Å²) < 4.78 is 21.0. The molecule has 0 heterocycles. The number of esters is 1. The Hall–Kier alpha value is -2.20. The van der Waals surface area contributed by atoms with Crippen LogP contribution in [0.15, 0.2) is 24.3 Å². The number of rotatable bonds is 14. The lowest BCUT2D eigenvalue weighted by atomic mass is 10.2. The number of amides is 1. The number of carbonyl (C=O) groups excluding carboxylic acids is 2. The molecule has 0 saturated carbocycles. The Labute approximate surface area is 165 Å². The first-order valence-corrected chi connectivity index (χ1v) is 9.22. The minimum Gasteiger partial charge on any atom is -0.489 e. The number of ether oxygens (including phenoxy) is 4. The molecule has 0 aliphatic rings. The first-order valence-electron chi connectivity index (χ1n) is 9.22. The molecule has 1 unspecified atom stereocenters. The van der Waals surface area contributed by atoms with Crippen LogP contribution in [0.2, 0.25) is 0 Å². The van der Waals surface area contributed by atoms with E-state index in [2.05, 4.69) is 10.6 Å². The lowest BCUT2D eigenvalue weighted by Gasteiger charge is -2.15. The maximum atomic E-state index is 12.0. The summed E-state index contributed by atoms with van der Waals surface area (Å²) in [5.41, 5.74) is 6.33. The number of benzene rings is 1. The van der Waals surface area contributed by atoms with Crippen molar-refractivity contribution in [2.45, 2.75) is 26.2 Å². The number of likely N-dealkylation sites (N-methyl/N-ethyl adjacent to an activating group) is 1. The van der Waals surface area contributed by atoms with Crippen LogP contribution in [0.3, 0.4) is 0 Å². The second kappa shape index (κ2) is 13.9. The van der Waals surface area contributed by atoms with Crippen LogP contribution in [0, 0.1) is 0 Å². The summed E-state index contributed by atoms with van der Waals surface area (Å²) in [6.45, 7) is 5.18. The topological polar surface area (TPSA) is 121 Å². The van der Waals surface area contributed by atoms with Crippen molar-refractivity contribution in [3.63, 3.8) is 0 Å². The minimum absolute atomic E-state index is 0.111. The standard InChI is InChI=1S/C19H31N3O6/c1-14(2)28-18(23)13-25-9-10-26-17(20)12-27-16-6-4-5-15(11-16)19(24)22-8-7-21-3/h4-6,11,14,17,21H,7-10,12-13,20H2,1-3H3,(H,22,24). The summed E-state index contributed by atoms with van der Waals surface area (Å²) in [7, 11) is 1.82. The van der Waals surface area contributed by atoms with E-state index in [-0.39, 0.29) is 38.4 Å². The molecule has 0 fully saturated rings. The van der Waals surface area contributed by atoms with Gasteiger partial charge < -0.3 is 35.3 Å². The van der Waals surface area contributed by atoms with E-state index in [0.29, 0.717) is 24.4 Å². The van der Waals surface area contributed by atoms with E-state index in [0.717, 1.165) is 0 Å². The molecule has 9 nitrogen and oxygen atoms in total. The molecule has 0 aliphatic carbocycles. The summed E-state index contributed by atoms with van der Waals surface area (Å²) in [6.07, 6.45) is -0.838. The van der Waals surface area contributed by atoms with Crippen molar-refractivity contribution < 1.29 is 28.5 Å². The van der Waals surface area contributed by atoms with Crippen LogP contribution in [0.4, 0.5) is 0 Å². The summed E-state index contributed by atoms with van der Waals surface area (Å²) in [5.74, 6) is -0.0695. The molecule has 158 valence electrons. The third-order valence-corrected chi connectivity index (χ3v) is 3.32. The smallest absolute Gasteiger partial charge is 0.332 e. The predicted molar refractivity (Wildman–Crippen MR) is 104 cm³/mol. The lowest BCUT2D eigenvalue weighted by molar-refractivity contribution is -0.153. The van der Waals surface area contributed by atoms with Gasteiger partial charge >= 0.3 is 5.97 Å². The predicted octanol–water partition coefficient (Wildman–Crippen LogP) is 0.284. The van der Waals surface area contributed by atoms with Gasteiger partial charge in [-0.3, -0.25) is 4.79 Å². The highest BCUT2D eigenvalue weighted by Gasteiger charge is 2.09. The molecule has 28 heavy (non-hydrogen) atoms. The molecule has 0 spiro atoms. The van der Waals surface area contributed by atoms with Crippen LogP contribution >= 0.6 is 0 Å². The fourth-order valence-electron chi connectivity index (χ4n) is 2.07. The maximum absolute atomic E-state index is 12.0. The van der Waals surface area contributed by atoms with Crippen molar-refractivity contribution in [2.75, 3.05) is 46.6 Å². The number of hydrogen-bond donors (Lipinski definition) is 3. The minimum atomic E-state index is -0.667. The largest absolute Gasteiger partial charge is 0.489 e. The number of carbonyl (C=O) groups is 2. The average molecular weight is 397 g/mol. The van der Waals surface area contributed by atoms with Crippen LogP contribution in [0.25, 0.3) is 0 Å². The van der Waals surface area contributed by atoms with E-state index in [9.17, 15) is 9.59 Å². The molecule has 0 radical (unpaired) electrons. The monoisotopic (exact) mass is 397 g/mol. The highest BCUT2D eigenvalue weighted by atomic mass is 16.6. The van der Waals surface area contributed by atoms with E-state index in [1.165, 1.54) is 0 Å². The zero-order valence-corrected chi connectivity index (χ0v) is 16.7. The van der Waals surface area contributed by atoms with Gasteiger partial charge in [-0.15, -0.1) is 0 Å². The van der Waals surface area contributed by atoms with E-state index < -0.39 is 12.2 Å². The summed E-state index contributed by atoms with van der Waals surface area (Å²) in [5, 5.41) is 5.75. The van der Waals surface area contributed by atoms with Gasteiger partial charge in [-0.05, 0) is 39.1 Å². The number of nitrogens with two attached hydrogens (primary N) is 1. The van der Waals surface area contributed by atoms with Gasteiger partial charge in [0, 0.05) is 18.7 Å². The zero-order valence-electron chi connectivity index (χ0n) is 16.7. The van der Waals surface area contributed by atoms with Crippen molar-refractivity contribution >= 4 is 11.9 Å². The Balaban J connectivity index is 2.24. The zero-order chi connectivity index (χ0) is 20.8. The van der Waals surface area contributed by atoms with Gasteiger partial charge in [0.1, 0.15) is 25.2 Å². The number of hydrogen-bond acceptors (Lipinski definition) is 8. The van der Waals surface area contributed by atoms with Gasteiger partial charge in [0.25, 0.3) is 5.91 Å². The Bertz CT molecular complexity index is 597. The van der Waals surface area contributed by atoms with Gasteiger partial charge in [-0.2, -0.15) is 0 Å². The SMILES string of the molecule is CNCCNC(=O)c1cccc(OCC(N)OCCOCC(=O)OC(C)C)c1. The fraction of sp³-hybridized carbons (Fsp3) is 0.579. The van der Waals surface area contributed by atoms with Crippen molar-refractivity contribution in [3.05, 3.63) is 29.8 Å². The summed E-state index contributed by atoms with van der Waals surface area (Å²) >= 11 is 0. The molecule has 1 atom stereocenters. The summed E-state index contributed by atoms with van der Waals surface area (Å²) in [4.78, 5) is 23.3. The van der Waals surface area contributed by atoms with Crippen LogP contribution < -0.4 is 21.1 Å². The molecule has 9 heteroatoms. The third kappa shape index (κ3) is 10.8. The molecule has 1 amide bonds. The van der Waals surface area contributed by atoms with Crippen LogP contribution in [-0.2, 0) is 19.0 Å². The van der Waals surface area contributed by atoms with Crippen LogP contribution in [0.5, 0.6) is 5.75 Å². The Morgan fingerprint density at radius 1 is 1.18 bits per heavy atom. The Morgan fingerprint density at radius 3 is 2.68 bits per heavy atom. The molecule has 1 aromatic rings. The second-order valence-corrected chi connectivity index (χ2v) is 6.20. The van der Waals surface area contributed by atoms with Crippen LogP contribution in [-0.4, -0.2) is 70.8 Å². The van der Waals surface area contributed by atoms with Gasteiger partial charge in [0.15, 0.2) is 0 Å². The van der Waals surface area contributed by atoms with Crippen LogP contribution in [0.1, 0.15) is 24.2 Å². The average Bonchev–Trinajstić information content (AvgIpc) is 2.66. The fourth-order valence-corrected chi connectivity index (χ4v) is 2.07. The van der Waals surface area contributed by atoms with Gasteiger partial charge in [-0.25, -0.2) is 4.79 Å². The molecule has 0 aromatic heterocycles. The number of nitrogens with one attached hydrogen (secondary N) is 2. The maximum Gasteiger partial charge on any atom is 0.332 e. The molecule has 0 bridgehead atoms. The molecular formula is C19H31N3O6. The van der Waals surface area contributed by atoms with Gasteiger partial charge in [-0.1, -0.05) is 6.07 Å². The molecular weight excluding hydrogens is 366 g/mol. The van der Waals surface area contributed by atoms with Crippen molar-refractivity contribution in [3.8, 4) is 5.75 Å². The normalized spacial score (nSPS) is 11.9. The Kier molecular flexibility index (Phi) is 11.8. The van der Waals surface area contributed by atoms with E-state index in [1.807, 2.05) is 7.05 Å². The first-order chi connectivity index (χ1) is 13.4. The first kappa shape index (κ1) is 23.8. The summed E-state index contributed by atoms with van der Waals surface area (Å²) in [6, 6.07) is 6.82. The Morgan fingerprint density at radius 2 is 1.96 bits per heavy atom. The third-order valence-electron chi connectivity index (χ3n) is 3.32. The molecule has 1 aromatic carbocycles. The van der Waals surface area contributed by atoms with E-state index in [4.69, 9.17) is 24.7 Å². The van der Waals surface area contributed by atoms with Crippen molar-refractivity contribution in [2.24, 2.45) is 5.73 Å². The lowest BCUT2D eigenvalue weighted by Crippen LogP contribution is -2.32. The molecule has 4 N–H and O–H groups in total. The highest BCUT2D eigenvalue weighted by molar-refractivity contribution is 5.94. The van der Waals surface area contributed by atoms with Crippen molar-refractivity contribution in [1.29, 1.82) is 0 Å². The quantitative estimate of drug-likeness (QED) is 0.233. The second-order valence-electron chi connectivity index (χ2n) is 6.20. The van der Waals surface area contributed by atoms with E-state index >= 15 is 0 Å². The van der Waals surface area contributed by atoms with Gasteiger partial charge in [0.05, 0.1) is 19.3 Å². The molecule has 1 rings (SSSR count).